The molecule has 9 heteroatoms. The summed E-state index contributed by atoms with van der Waals surface area (Å²) in [4.78, 5) is 29.8. The van der Waals surface area contributed by atoms with Gasteiger partial charge in [-0.2, -0.15) is 0 Å². The first-order valence-corrected chi connectivity index (χ1v) is 11.6. The molecule has 2 N–H and O–H groups in total. The molecule has 0 spiro atoms. The number of anilines is 1. The number of carbonyl (C=O) groups excluding carboxylic acids is 1. The van der Waals surface area contributed by atoms with Gasteiger partial charge in [-0.1, -0.05) is 25.2 Å². The predicted molar refractivity (Wildman–Crippen MR) is 113 cm³/mol. The first-order chi connectivity index (χ1) is 13.4. The smallest absolute Gasteiger partial charge is 0.323 e. The maximum atomic E-state index is 13.0. The molecule has 1 heterocycles. The monoisotopic (exact) mass is 429 g/mol. The number of aromatic nitrogens is 1. The van der Waals surface area contributed by atoms with Gasteiger partial charge in [-0.05, 0) is 43.9 Å². The fraction of sp³-hybridized carbons (Fsp3) is 0.737. The largest absolute Gasteiger partial charge is 0.481 e. The lowest BCUT2D eigenvalue weighted by atomic mass is 9.85. The van der Waals surface area contributed by atoms with Gasteiger partial charge in [0.2, 0.25) is 0 Å². The molecule has 1 aliphatic rings. The highest BCUT2D eigenvalue weighted by Gasteiger charge is 2.29. The van der Waals surface area contributed by atoms with Crippen molar-refractivity contribution in [2.24, 2.45) is 11.8 Å². The number of hydrogen-bond donors (Lipinski definition) is 2. The maximum Gasteiger partial charge on any atom is 0.323 e. The lowest BCUT2D eigenvalue weighted by molar-refractivity contribution is -0.133. The summed E-state index contributed by atoms with van der Waals surface area (Å²) in [6.07, 6.45) is 6.73. The molecule has 1 aliphatic carbocycles. The first-order valence-electron chi connectivity index (χ1n) is 9.76. The number of methoxy groups -OCH3 is 1. The van der Waals surface area contributed by atoms with E-state index in [1.165, 1.54) is 23.1 Å². The van der Waals surface area contributed by atoms with Crippen LogP contribution >= 0.6 is 23.1 Å². The number of thiazole rings is 1. The Kier molecular flexibility index (Phi) is 9.53. The van der Waals surface area contributed by atoms with E-state index in [4.69, 9.17) is 9.84 Å². The van der Waals surface area contributed by atoms with Gasteiger partial charge in [0.1, 0.15) is 0 Å². The van der Waals surface area contributed by atoms with Crippen molar-refractivity contribution < 1.29 is 19.4 Å². The number of urea groups is 1. The summed E-state index contributed by atoms with van der Waals surface area (Å²) < 4.78 is 6.06. The van der Waals surface area contributed by atoms with Crippen LogP contribution in [0.4, 0.5) is 9.93 Å². The fourth-order valence-electron chi connectivity index (χ4n) is 3.39. The summed E-state index contributed by atoms with van der Waals surface area (Å²) in [5.74, 6) is 0.233. The molecule has 2 amide bonds. The number of carbonyl (C=O) groups is 2. The van der Waals surface area contributed by atoms with Gasteiger partial charge in [-0.25, -0.2) is 9.78 Å². The summed E-state index contributed by atoms with van der Waals surface area (Å²) in [6, 6.07) is 0.132. The van der Waals surface area contributed by atoms with Gasteiger partial charge in [0.25, 0.3) is 0 Å². The number of nitrogens with zero attached hydrogens (tertiary/aromatic N) is 2. The highest BCUT2D eigenvalue weighted by Crippen LogP contribution is 2.30. The summed E-state index contributed by atoms with van der Waals surface area (Å²) >= 11 is 2.52. The highest BCUT2D eigenvalue weighted by molar-refractivity contribution is 8.01. The van der Waals surface area contributed by atoms with E-state index in [-0.39, 0.29) is 17.8 Å². The van der Waals surface area contributed by atoms with E-state index in [1.807, 2.05) is 4.90 Å². The predicted octanol–water partition coefficient (Wildman–Crippen LogP) is 4.41. The Morgan fingerprint density at radius 3 is 2.71 bits per heavy atom. The third-order valence-electron chi connectivity index (χ3n) is 4.90. The number of rotatable bonds is 10. The Bertz CT molecular complexity index is 630. The minimum absolute atomic E-state index is 0.0131. The number of ether oxygens (including phenoxy) is 1. The van der Waals surface area contributed by atoms with Gasteiger partial charge in [-0.3, -0.25) is 10.1 Å². The molecule has 0 bridgehead atoms. The second-order valence-corrected chi connectivity index (χ2v) is 9.91. The number of thioether (sulfide) groups is 1. The van der Waals surface area contributed by atoms with Crippen LogP contribution in [0.25, 0.3) is 0 Å². The van der Waals surface area contributed by atoms with Crippen molar-refractivity contribution in [3.8, 4) is 0 Å². The molecular weight excluding hydrogens is 398 g/mol. The van der Waals surface area contributed by atoms with Crippen molar-refractivity contribution in [1.82, 2.24) is 9.88 Å². The van der Waals surface area contributed by atoms with E-state index in [9.17, 15) is 9.59 Å². The van der Waals surface area contributed by atoms with Gasteiger partial charge < -0.3 is 14.7 Å². The third kappa shape index (κ3) is 7.60. The number of carboxylic acid groups (broad SMARTS) is 1. The SMILES string of the molecule is COCC1CCC(N(CCC(C)C)C(=O)Nc2ncc(SCC(=O)O)s2)CC1. The quantitative estimate of drug-likeness (QED) is 0.536. The molecule has 0 unspecified atom stereocenters. The van der Waals surface area contributed by atoms with Crippen LogP contribution in [0.3, 0.4) is 0 Å². The Hall–Kier alpha value is -1.32. The standard InChI is InChI=1S/C19H31N3O4S2/c1-13(2)8-9-22(15-6-4-14(5-7-15)11-26-3)19(25)21-18-20-10-17(28-18)27-12-16(23)24/h10,13-15H,4-9,11-12H2,1-3H3,(H,23,24)(H,20,21,25). The molecule has 1 aromatic rings. The zero-order chi connectivity index (χ0) is 20.5. The average molecular weight is 430 g/mol. The van der Waals surface area contributed by atoms with E-state index in [2.05, 4.69) is 24.1 Å². The lowest BCUT2D eigenvalue weighted by Gasteiger charge is -2.37. The average Bonchev–Trinajstić information content (AvgIpc) is 3.09. The molecule has 1 fully saturated rings. The summed E-state index contributed by atoms with van der Waals surface area (Å²) in [6.45, 7) is 5.85. The van der Waals surface area contributed by atoms with Crippen LogP contribution in [0.2, 0.25) is 0 Å². The van der Waals surface area contributed by atoms with E-state index >= 15 is 0 Å². The van der Waals surface area contributed by atoms with E-state index in [1.54, 1.807) is 13.3 Å². The van der Waals surface area contributed by atoms with Gasteiger partial charge in [0.05, 0.1) is 16.2 Å². The lowest BCUT2D eigenvalue weighted by Crippen LogP contribution is -2.45. The van der Waals surface area contributed by atoms with Crippen molar-refractivity contribution >= 4 is 40.2 Å². The van der Waals surface area contributed by atoms with Crippen LogP contribution in [-0.4, -0.2) is 59.0 Å². The molecule has 0 atom stereocenters. The van der Waals surface area contributed by atoms with Crippen LogP contribution in [-0.2, 0) is 9.53 Å². The number of amides is 2. The van der Waals surface area contributed by atoms with Crippen LogP contribution in [0.1, 0.15) is 46.0 Å². The van der Waals surface area contributed by atoms with E-state index < -0.39 is 5.97 Å². The van der Waals surface area contributed by atoms with Crippen molar-refractivity contribution in [3.63, 3.8) is 0 Å². The molecule has 1 saturated carbocycles. The van der Waals surface area contributed by atoms with Crippen LogP contribution in [0, 0.1) is 11.8 Å². The van der Waals surface area contributed by atoms with Crippen molar-refractivity contribution in [3.05, 3.63) is 6.20 Å². The first kappa shape index (κ1) is 23.0. The van der Waals surface area contributed by atoms with Gasteiger partial charge in [-0.15, -0.1) is 11.8 Å². The summed E-state index contributed by atoms with van der Waals surface area (Å²) in [7, 11) is 1.74. The minimum atomic E-state index is -0.868. The molecule has 7 nitrogen and oxygen atoms in total. The molecule has 2 rings (SSSR count). The second-order valence-electron chi connectivity index (χ2n) is 7.60. The van der Waals surface area contributed by atoms with Crippen LogP contribution < -0.4 is 5.32 Å². The molecule has 1 aromatic heterocycles. The molecule has 0 saturated heterocycles. The van der Waals surface area contributed by atoms with Gasteiger partial charge in [0.15, 0.2) is 5.13 Å². The summed E-state index contributed by atoms with van der Waals surface area (Å²) in [5.41, 5.74) is 0. The minimum Gasteiger partial charge on any atom is -0.481 e. The molecule has 0 aromatic carbocycles. The zero-order valence-corrected chi connectivity index (χ0v) is 18.5. The number of nitrogens with one attached hydrogen (secondary N) is 1. The van der Waals surface area contributed by atoms with Crippen molar-refractivity contribution in [1.29, 1.82) is 0 Å². The molecular formula is C19H31N3O4S2. The Labute approximate surface area is 175 Å². The normalized spacial score (nSPS) is 19.6. The number of carboxylic acids is 1. The van der Waals surface area contributed by atoms with Crippen molar-refractivity contribution in [2.45, 2.75) is 56.2 Å². The highest BCUT2D eigenvalue weighted by atomic mass is 32.2. The zero-order valence-electron chi connectivity index (χ0n) is 16.8. The molecule has 158 valence electrons. The summed E-state index contributed by atoms with van der Waals surface area (Å²) in [5, 5.41) is 12.2. The molecule has 0 aliphatic heterocycles. The Balaban J connectivity index is 1.96. The van der Waals surface area contributed by atoms with E-state index in [0.717, 1.165) is 49.5 Å². The second kappa shape index (κ2) is 11.6. The van der Waals surface area contributed by atoms with Gasteiger partial charge in [0, 0.05) is 26.3 Å². The van der Waals surface area contributed by atoms with Crippen molar-refractivity contribution in [2.75, 3.05) is 31.3 Å². The maximum absolute atomic E-state index is 13.0. The van der Waals surface area contributed by atoms with E-state index in [0.29, 0.717) is 17.0 Å². The topological polar surface area (TPSA) is 91.8 Å². The Morgan fingerprint density at radius 2 is 2.11 bits per heavy atom. The molecule has 0 radical (unpaired) electrons. The number of hydrogen-bond acceptors (Lipinski definition) is 6. The van der Waals surface area contributed by atoms with Crippen LogP contribution in [0.5, 0.6) is 0 Å². The fourth-order valence-corrected chi connectivity index (χ4v) is 4.97. The van der Waals surface area contributed by atoms with Crippen LogP contribution in [0.15, 0.2) is 10.4 Å². The van der Waals surface area contributed by atoms with Gasteiger partial charge >= 0.3 is 12.0 Å². The Morgan fingerprint density at radius 1 is 1.39 bits per heavy atom. The third-order valence-corrected chi connectivity index (χ3v) is 7.00. The number of aliphatic carboxylic acids is 1. The molecule has 28 heavy (non-hydrogen) atoms.